The molecule has 0 fully saturated rings. The van der Waals surface area contributed by atoms with Gasteiger partial charge in [-0.25, -0.2) is 4.98 Å². The minimum absolute atomic E-state index is 0.0300. The quantitative estimate of drug-likeness (QED) is 0.508. The Labute approximate surface area is 95.9 Å². The number of thiazole rings is 1. The molecule has 1 N–H and O–H groups in total. The van der Waals surface area contributed by atoms with Crippen LogP contribution in [-0.2, 0) is 22.9 Å². The Morgan fingerprint density at radius 1 is 1.69 bits per heavy atom. The number of rotatable bonds is 2. The first-order valence-electron chi connectivity index (χ1n) is 3.90. The fraction of sp³-hybridized carbons (Fsp3) is 0.429. The lowest BCUT2D eigenvalue weighted by Crippen LogP contribution is -2.06. The molecule has 1 unspecified atom stereocenters. The lowest BCUT2D eigenvalue weighted by molar-refractivity contribution is -0.378. The minimum Gasteiger partial charge on any atom is -0.305 e. The van der Waals surface area contributed by atoms with Gasteiger partial charge in [-0.1, -0.05) is 0 Å². The zero-order chi connectivity index (χ0) is 12.3. The molecule has 0 aliphatic carbocycles. The van der Waals surface area contributed by atoms with Gasteiger partial charge in [0.2, 0.25) is 0 Å². The van der Waals surface area contributed by atoms with Crippen LogP contribution in [0.25, 0.3) is 0 Å². The van der Waals surface area contributed by atoms with Crippen LogP contribution in [0.15, 0.2) is 6.20 Å². The van der Waals surface area contributed by atoms with E-state index in [0.717, 1.165) is 10.1 Å². The summed E-state index contributed by atoms with van der Waals surface area (Å²) in [6, 6.07) is 0. The zero-order valence-corrected chi connectivity index (χ0v) is 9.66. The van der Waals surface area contributed by atoms with Crippen LogP contribution >= 0.6 is 11.3 Å². The Morgan fingerprint density at radius 2 is 2.31 bits per heavy atom. The second-order valence-electron chi connectivity index (χ2n) is 2.71. The third kappa shape index (κ3) is 3.26. The van der Waals surface area contributed by atoms with Gasteiger partial charge in [0.1, 0.15) is 11.0 Å². The summed E-state index contributed by atoms with van der Waals surface area (Å²) in [7, 11) is -0.0480. The predicted molar refractivity (Wildman–Crippen MR) is 52.6 cm³/mol. The average Bonchev–Trinajstić information content (AvgIpc) is 2.64. The third-order valence-corrected chi connectivity index (χ3v) is 4.03. The van der Waals surface area contributed by atoms with Gasteiger partial charge in [0.05, 0.1) is 12.8 Å². The number of nitrogens with zero attached hydrogens (tertiary/aromatic N) is 3. The van der Waals surface area contributed by atoms with Crippen LogP contribution in [0.2, 0.25) is 0 Å². The molecule has 1 heterocycles. The Morgan fingerprint density at radius 3 is 2.75 bits per heavy atom. The Balaban J connectivity index is 2.86. The van der Waals surface area contributed by atoms with Gasteiger partial charge in [-0.05, 0) is 0 Å². The molecule has 0 aliphatic heterocycles. The van der Waals surface area contributed by atoms with Crippen LogP contribution in [0.5, 0.6) is 0 Å². The summed E-state index contributed by atoms with van der Waals surface area (Å²) in [5, 5.41) is 7.50. The Kier molecular flexibility index (Phi) is 4.01. The molecule has 0 amide bonds. The van der Waals surface area contributed by atoms with Crippen molar-refractivity contribution in [1.82, 2.24) is 4.98 Å². The lowest BCUT2D eigenvalue weighted by atomic mass is 10.6. The molecule has 0 saturated carbocycles. The normalized spacial score (nSPS) is 14.4. The standard InChI is InChI=1S/C7H6F3N3OS2/c1-13(4-11)16(14)3-5-2-12-6(15-5)7(8,9)10/h2H,3H2,1H3/p+1. The molecular formula is C7H7F3N3OS2+. The monoisotopic (exact) mass is 270 g/mol. The summed E-state index contributed by atoms with van der Waals surface area (Å²) in [5.74, 6) is -0.0300. The highest BCUT2D eigenvalue weighted by molar-refractivity contribution is 7.78. The highest BCUT2D eigenvalue weighted by atomic mass is 32.2. The smallest absolute Gasteiger partial charge is 0.305 e. The van der Waals surface area contributed by atoms with Crippen LogP contribution in [-0.4, -0.2) is 20.5 Å². The van der Waals surface area contributed by atoms with Crippen molar-refractivity contribution in [2.24, 2.45) is 0 Å². The van der Waals surface area contributed by atoms with Crippen molar-refractivity contribution < 1.29 is 21.7 Å². The lowest BCUT2D eigenvalue weighted by Gasteiger charge is -1.99. The summed E-state index contributed by atoms with van der Waals surface area (Å²) in [4.78, 5) is 3.50. The molecule has 0 saturated heterocycles. The van der Waals surface area contributed by atoms with E-state index >= 15 is 0 Å². The van der Waals surface area contributed by atoms with Gasteiger partial charge in [-0.15, -0.1) is 15.3 Å². The maximum absolute atomic E-state index is 12.2. The molecule has 0 aromatic carbocycles. The molecule has 1 rings (SSSR count). The van der Waals surface area contributed by atoms with Crippen molar-refractivity contribution in [1.29, 1.82) is 5.26 Å². The second kappa shape index (κ2) is 4.90. The molecule has 0 spiro atoms. The van der Waals surface area contributed by atoms with Crippen LogP contribution < -0.4 is 0 Å². The number of alkyl halides is 3. The highest BCUT2D eigenvalue weighted by Crippen LogP contribution is 2.32. The van der Waals surface area contributed by atoms with Gasteiger partial charge < -0.3 is 4.55 Å². The molecule has 88 valence electrons. The van der Waals surface area contributed by atoms with E-state index in [4.69, 9.17) is 5.26 Å². The van der Waals surface area contributed by atoms with Crippen molar-refractivity contribution in [3.63, 3.8) is 0 Å². The minimum atomic E-state index is -4.46. The maximum atomic E-state index is 12.2. The van der Waals surface area contributed by atoms with Crippen LogP contribution in [0.1, 0.15) is 9.88 Å². The van der Waals surface area contributed by atoms with Crippen molar-refractivity contribution in [3.05, 3.63) is 16.1 Å². The summed E-state index contributed by atoms with van der Waals surface area (Å²) >= 11 is 0.471. The Bertz CT molecular complexity index is 460. The average molecular weight is 270 g/mol. The summed E-state index contributed by atoms with van der Waals surface area (Å²) in [6.07, 6.45) is -1.72. The van der Waals surface area contributed by atoms with E-state index in [2.05, 4.69) is 4.98 Å². The van der Waals surface area contributed by atoms with Crippen molar-refractivity contribution in [2.75, 3.05) is 7.05 Å². The molecular weight excluding hydrogens is 263 g/mol. The van der Waals surface area contributed by atoms with Crippen molar-refractivity contribution in [3.8, 4) is 6.19 Å². The van der Waals surface area contributed by atoms with E-state index in [1.54, 1.807) is 6.19 Å². The van der Waals surface area contributed by atoms with Crippen LogP contribution in [0, 0.1) is 11.5 Å². The van der Waals surface area contributed by atoms with Gasteiger partial charge in [0.25, 0.3) is 0 Å². The molecule has 0 aliphatic rings. The van der Waals surface area contributed by atoms with Crippen LogP contribution in [0.4, 0.5) is 13.2 Å². The Hall–Kier alpha value is -0.980. The van der Waals surface area contributed by atoms with Crippen molar-refractivity contribution >= 4 is 22.3 Å². The third-order valence-electron chi connectivity index (χ3n) is 1.52. The molecule has 4 nitrogen and oxygen atoms in total. The summed E-state index contributed by atoms with van der Waals surface area (Å²) in [5.41, 5.74) is 0. The largest absolute Gasteiger partial charge is 0.467 e. The molecule has 0 bridgehead atoms. The van der Waals surface area contributed by atoms with Gasteiger partial charge in [-0.2, -0.15) is 13.2 Å². The fourth-order valence-electron chi connectivity index (χ4n) is 0.776. The first kappa shape index (κ1) is 13.1. The SMILES string of the molecule is C[N+](C#N)=S(O)Cc1cnc(C(F)(F)F)s1. The topological polar surface area (TPSA) is 59.9 Å². The zero-order valence-electron chi connectivity index (χ0n) is 8.02. The second-order valence-corrected chi connectivity index (χ2v) is 5.34. The van der Waals surface area contributed by atoms with E-state index in [1.807, 2.05) is 0 Å². The first-order chi connectivity index (χ1) is 7.34. The van der Waals surface area contributed by atoms with Gasteiger partial charge >= 0.3 is 12.4 Å². The molecule has 1 aromatic rings. The number of aromatic nitrogens is 1. The van der Waals surface area contributed by atoms with Gasteiger partial charge in [0.15, 0.2) is 10.3 Å². The van der Waals surface area contributed by atoms with E-state index in [-0.39, 0.29) is 5.75 Å². The predicted octanol–water partition coefficient (Wildman–Crippen LogP) is 2.06. The molecule has 9 heteroatoms. The highest BCUT2D eigenvalue weighted by Gasteiger charge is 2.34. The van der Waals surface area contributed by atoms with Gasteiger partial charge in [0, 0.05) is 11.1 Å². The van der Waals surface area contributed by atoms with E-state index in [9.17, 15) is 17.7 Å². The first-order valence-corrected chi connectivity index (χ1v) is 6.02. The van der Waals surface area contributed by atoms with Crippen LogP contribution in [0.3, 0.4) is 0 Å². The molecule has 16 heavy (non-hydrogen) atoms. The molecule has 1 aromatic heterocycles. The maximum Gasteiger partial charge on any atom is 0.467 e. The van der Waals surface area contributed by atoms with E-state index in [1.165, 1.54) is 7.05 Å². The summed E-state index contributed by atoms with van der Waals surface area (Å²) < 4.78 is 47.0. The summed E-state index contributed by atoms with van der Waals surface area (Å²) in [6.45, 7) is 0. The van der Waals surface area contributed by atoms with E-state index in [0.29, 0.717) is 16.2 Å². The molecule has 1 atom stereocenters. The number of hydrogen-bond donors (Lipinski definition) is 1. The number of hydrogen-bond acceptors (Lipinski definition) is 3. The van der Waals surface area contributed by atoms with E-state index < -0.39 is 22.2 Å². The fourth-order valence-corrected chi connectivity index (χ4v) is 2.52. The van der Waals surface area contributed by atoms with Crippen molar-refractivity contribution in [2.45, 2.75) is 11.9 Å². The van der Waals surface area contributed by atoms with Gasteiger partial charge in [-0.3, -0.25) is 0 Å². The number of nitriles is 1. The number of halogens is 3. The molecule has 0 radical (unpaired) electrons.